The lowest BCUT2D eigenvalue weighted by Crippen LogP contribution is -2.12. The number of fused-ring (bicyclic) bond motifs is 1. The standard InChI is InChI=1S/C24H20Cl2N2O3/c1-14(2)13-30-18-5-3-4-15(10-18)23(29)27-17-7-9-22-21(12-17)28-24(31-22)19-8-6-16(25)11-20(19)26/h3-12,14H,13H2,1-2H3,(H,27,29). The fourth-order valence-corrected chi connectivity index (χ4v) is 3.47. The van der Waals surface area contributed by atoms with Crippen LogP contribution in [0.4, 0.5) is 5.69 Å². The zero-order valence-corrected chi connectivity index (χ0v) is 18.5. The van der Waals surface area contributed by atoms with Gasteiger partial charge in [-0.25, -0.2) is 4.98 Å². The van der Waals surface area contributed by atoms with E-state index < -0.39 is 0 Å². The topological polar surface area (TPSA) is 64.4 Å². The number of hydrogen-bond donors (Lipinski definition) is 1. The quantitative estimate of drug-likeness (QED) is 0.337. The largest absolute Gasteiger partial charge is 0.493 e. The summed E-state index contributed by atoms with van der Waals surface area (Å²) in [6.07, 6.45) is 0. The molecule has 1 heterocycles. The third-order valence-corrected chi connectivity index (χ3v) is 5.03. The van der Waals surface area contributed by atoms with Gasteiger partial charge in [0.2, 0.25) is 5.89 Å². The van der Waals surface area contributed by atoms with Gasteiger partial charge < -0.3 is 14.5 Å². The highest BCUT2D eigenvalue weighted by Gasteiger charge is 2.14. The number of anilines is 1. The zero-order chi connectivity index (χ0) is 22.0. The first-order valence-corrected chi connectivity index (χ1v) is 10.5. The molecule has 0 aliphatic carbocycles. The SMILES string of the molecule is CC(C)COc1cccc(C(=O)Nc2ccc3oc(-c4ccc(Cl)cc4Cl)nc3c2)c1. The molecular weight excluding hydrogens is 435 g/mol. The Bertz CT molecular complexity index is 1250. The number of nitrogens with one attached hydrogen (secondary N) is 1. The summed E-state index contributed by atoms with van der Waals surface area (Å²) in [4.78, 5) is 17.2. The van der Waals surface area contributed by atoms with Crippen molar-refractivity contribution in [2.45, 2.75) is 13.8 Å². The van der Waals surface area contributed by atoms with Gasteiger partial charge in [-0.05, 0) is 60.5 Å². The van der Waals surface area contributed by atoms with E-state index in [0.717, 1.165) is 0 Å². The van der Waals surface area contributed by atoms with Gasteiger partial charge in [-0.15, -0.1) is 0 Å². The van der Waals surface area contributed by atoms with Crippen molar-refractivity contribution in [2.75, 3.05) is 11.9 Å². The highest BCUT2D eigenvalue weighted by atomic mass is 35.5. The van der Waals surface area contributed by atoms with Crippen LogP contribution in [0.5, 0.6) is 5.75 Å². The number of carbonyl (C=O) groups excluding carboxylic acids is 1. The molecule has 5 nitrogen and oxygen atoms in total. The van der Waals surface area contributed by atoms with Crippen molar-refractivity contribution in [3.05, 3.63) is 76.3 Å². The van der Waals surface area contributed by atoms with Crippen LogP contribution >= 0.6 is 23.2 Å². The van der Waals surface area contributed by atoms with Gasteiger partial charge in [-0.1, -0.05) is 43.1 Å². The zero-order valence-electron chi connectivity index (χ0n) is 17.0. The summed E-state index contributed by atoms with van der Waals surface area (Å²) in [6.45, 7) is 4.74. The molecule has 0 radical (unpaired) electrons. The van der Waals surface area contributed by atoms with E-state index in [4.69, 9.17) is 32.4 Å². The van der Waals surface area contributed by atoms with Crippen LogP contribution in [0.3, 0.4) is 0 Å². The van der Waals surface area contributed by atoms with E-state index in [9.17, 15) is 4.79 Å². The van der Waals surface area contributed by atoms with Crippen LogP contribution < -0.4 is 10.1 Å². The number of hydrogen-bond acceptors (Lipinski definition) is 4. The van der Waals surface area contributed by atoms with E-state index in [2.05, 4.69) is 24.1 Å². The fraction of sp³-hybridized carbons (Fsp3) is 0.167. The van der Waals surface area contributed by atoms with E-state index in [1.54, 1.807) is 54.6 Å². The van der Waals surface area contributed by atoms with Crippen molar-refractivity contribution >= 4 is 45.9 Å². The third-order valence-electron chi connectivity index (χ3n) is 4.49. The Kier molecular flexibility index (Phi) is 6.16. The second kappa shape index (κ2) is 9.00. The number of carbonyl (C=O) groups is 1. The van der Waals surface area contributed by atoms with E-state index in [1.165, 1.54) is 0 Å². The molecule has 4 aromatic rings. The van der Waals surface area contributed by atoms with Gasteiger partial charge in [0.1, 0.15) is 11.3 Å². The maximum atomic E-state index is 12.7. The molecule has 0 spiro atoms. The van der Waals surface area contributed by atoms with Crippen molar-refractivity contribution in [3.8, 4) is 17.2 Å². The summed E-state index contributed by atoms with van der Waals surface area (Å²) in [6, 6.07) is 17.5. The molecule has 4 rings (SSSR count). The van der Waals surface area contributed by atoms with E-state index in [1.807, 2.05) is 6.07 Å². The minimum absolute atomic E-state index is 0.237. The molecule has 1 aromatic heterocycles. The van der Waals surface area contributed by atoms with Crippen molar-refractivity contribution in [1.82, 2.24) is 4.98 Å². The summed E-state index contributed by atoms with van der Waals surface area (Å²) in [5, 5.41) is 3.88. The van der Waals surface area contributed by atoms with Gasteiger partial charge in [0.15, 0.2) is 5.58 Å². The molecule has 1 amide bonds. The minimum atomic E-state index is -0.237. The lowest BCUT2D eigenvalue weighted by molar-refractivity contribution is 0.102. The molecule has 0 saturated heterocycles. The Balaban J connectivity index is 1.54. The number of rotatable bonds is 6. The predicted octanol–water partition coefficient (Wildman–Crippen LogP) is 7.09. The molecule has 1 N–H and O–H groups in total. The van der Waals surface area contributed by atoms with Crippen LogP contribution in [0, 0.1) is 5.92 Å². The van der Waals surface area contributed by atoms with Crippen molar-refractivity contribution in [2.24, 2.45) is 5.92 Å². The Morgan fingerprint density at radius 1 is 1.10 bits per heavy atom. The second-order valence-electron chi connectivity index (χ2n) is 7.51. The molecule has 0 aliphatic rings. The van der Waals surface area contributed by atoms with E-state index >= 15 is 0 Å². The minimum Gasteiger partial charge on any atom is -0.493 e. The number of nitrogens with zero attached hydrogens (tertiary/aromatic N) is 1. The molecule has 7 heteroatoms. The first-order valence-electron chi connectivity index (χ1n) is 9.79. The summed E-state index contributed by atoms with van der Waals surface area (Å²) in [5.74, 6) is 1.21. The Morgan fingerprint density at radius 3 is 2.71 bits per heavy atom. The van der Waals surface area contributed by atoms with Gasteiger partial charge in [0.25, 0.3) is 5.91 Å². The average molecular weight is 455 g/mol. The number of oxazole rings is 1. The van der Waals surface area contributed by atoms with Gasteiger partial charge in [0, 0.05) is 16.3 Å². The van der Waals surface area contributed by atoms with Crippen molar-refractivity contribution < 1.29 is 13.9 Å². The van der Waals surface area contributed by atoms with Crippen molar-refractivity contribution in [3.63, 3.8) is 0 Å². The predicted molar refractivity (Wildman–Crippen MR) is 124 cm³/mol. The Hall–Kier alpha value is -3.02. The van der Waals surface area contributed by atoms with Crippen LogP contribution in [0.1, 0.15) is 24.2 Å². The molecule has 3 aromatic carbocycles. The first-order chi connectivity index (χ1) is 14.9. The summed E-state index contributed by atoms with van der Waals surface area (Å²) >= 11 is 12.2. The lowest BCUT2D eigenvalue weighted by atomic mass is 10.2. The number of aromatic nitrogens is 1. The third kappa shape index (κ3) is 5.01. The van der Waals surface area contributed by atoms with Gasteiger partial charge in [-0.2, -0.15) is 0 Å². The van der Waals surface area contributed by atoms with Crippen LogP contribution in [-0.4, -0.2) is 17.5 Å². The molecule has 0 atom stereocenters. The number of benzene rings is 3. The highest BCUT2D eigenvalue weighted by Crippen LogP contribution is 2.32. The summed E-state index contributed by atoms with van der Waals surface area (Å²) in [5.41, 5.74) is 2.95. The van der Waals surface area contributed by atoms with E-state index in [0.29, 0.717) is 62.1 Å². The van der Waals surface area contributed by atoms with Crippen LogP contribution in [-0.2, 0) is 0 Å². The van der Waals surface area contributed by atoms with Crippen LogP contribution in [0.15, 0.2) is 65.1 Å². The molecule has 0 aliphatic heterocycles. The normalized spacial score (nSPS) is 11.1. The fourth-order valence-electron chi connectivity index (χ4n) is 2.98. The molecule has 31 heavy (non-hydrogen) atoms. The van der Waals surface area contributed by atoms with Crippen molar-refractivity contribution in [1.29, 1.82) is 0 Å². The van der Waals surface area contributed by atoms with Crippen LogP contribution in [0.2, 0.25) is 10.0 Å². The monoisotopic (exact) mass is 454 g/mol. The Morgan fingerprint density at radius 2 is 1.94 bits per heavy atom. The first kappa shape index (κ1) is 21.2. The molecule has 0 saturated carbocycles. The number of amides is 1. The highest BCUT2D eigenvalue weighted by molar-refractivity contribution is 6.36. The number of ether oxygens (including phenoxy) is 1. The van der Waals surface area contributed by atoms with Gasteiger partial charge in [-0.3, -0.25) is 4.79 Å². The number of halogens is 2. The average Bonchev–Trinajstić information content (AvgIpc) is 3.15. The second-order valence-corrected chi connectivity index (χ2v) is 8.36. The van der Waals surface area contributed by atoms with Gasteiger partial charge >= 0.3 is 0 Å². The van der Waals surface area contributed by atoms with Gasteiger partial charge in [0.05, 0.1) is 17.2 Å². The molecule has 0 bridgehead atoms. The molecular formula is C24H20Cl2N2O3. The molecule has 0 fully saturated rings. The maximum Gasteiger partial charge on any atom is 0.255 e. The molecule has 0 unspecified atom stereocenters. The van der Waals surface area contributed by atoms with Crippen LogP contribution in [0.25, 0.3) is 22.6 Å². The Labute approximate surface area is 189 Å². The smallest absolute Gasteiger partial charge is 0.255 e. The lowest BCUT2D eigenvalue weighted by Gasteiger charge is -2.10. The summed E-state index contributed by atoms with van der Waals surface area (Å²) in [7, 11) is 0. The van der Waals surface area contributed by atoms with E-state index in [-0.39, 0.29) is 5.91 Å². The maximum absolute atomic E-state index is 12.7. The summed E-state index contributed by atoms with van der Waals surface area (Å²) < 4.78 is 11.5. The molecule has 158 valence electrons.